The molecular formula is C16H20O. The number of benzene rings is 1. The number of ketones is 1. The third-order valence-corrected chi connectivity index (χ3v) is 3.36. The average molecular weight is 228 g/mol. The maximum Gasteiger partial charge on any atom is 0.162 e. The van der Waals surface area contributed by atoms with Gasteiger partial charge in [-0.15, -0.1) is 0 Å². The molecule has 0 saturated heterocycles. The highest BCUT2D eigenvalue weighted by Crippen LogP contribution is 2.19. The first-order valence-corrected chi connectivity index (χ1v) is 6.62. The van der Waals surface area contributed by atoms with E-state index < -0.39 is 0 Å². The van der Waals surface area contributed by atoms with Crippen LogP contribution in [0.5, 0.6) is 0 Å². The fourth-order valence-corrected chi connectivity index (χ4v) is 2.34. The highest BCUT2D eigenvalue weighted by atomic mass is 16.1. The number of allylic oxidation sites excluding steroid dienone is 2. The summed E-state index contributed by atoms with van der Waals surface area (Å²) in [6.07, 6.45) is 9.79. The second kappa shape index (κ2) is 6.39. The monoisotopic (exact) mass is 228 g/mol. The molecule has 17 heavy (non-hydrogen) atoms. The lowest BCUT2D eigenvalue weighted by atomic mass is 9.94. The Labute approximate surface area is 104 Å². The minimum Gasteiger partial charge on any atom is -0.294 e. The van der Waals surface area contributed by atoms with Crippen LogP contribution in [0.2, 0.25) is 0 Å². The molecule has 0 heterocycles. The van der Waals surface area contributed by atoms with Crippen molar-refractivity contribution >= 4 is 5.78 Å². The third kappa shape index (κ3) is 3.85. The zero-order valence-electron chi connectivity index (χ0n) is 10.3. The van der Waals surface area contributed by atoms with E-state index in [4.69, 9.17) is 0 Å². The Morgan fingerprint density at radius 2 is 1.76 bits per heavy atom. The fourth-order valence-electron chi connectivity index (χ4n) is 2.34. The minimum absolute atomic E-state index is 0.318. The van der Waals surface area contributed by atoms with Crippen molar-refractivity contribution in [2.75, 3.05) is 0 Å². The topological polar surface area (TPSA) is 17.1 Å². The van der Waals surface area contributed by atoms with Crippen molar-refractivity contribution in [2.24, 2.45) is 0 Å². The predicted octanol–water partition coefficient (Wildman–Crippen LogP) is 4.08. The molecule has 1 aliphatic rings. The SMILES string of the molecule is O=C(Cc1ccccc1)/C1=C/CCCCCC1. The summed E-state index contributed by atoms with van der Waals surface area (Å²) < 4.78 is 0. The van der Waals surface area contributed by atoms with Gasteiger partial charge in [-0.25, -0.2) is 0 Å². The summed E-state index contributed by atoms with van der Waals surface area (Å²) >= 11 is 0. The van der Waals surface area contributed by atoms with Crippen LogP contribution in [-0.4, -0.2) is 5.78 Å². The van der Waals surface area contributed by atoms with Crippen molar-refractivity contribution in [1.82, 2.24) is 0 Å². The van der Waals surface area contributed by atoms with Crippen LogP contribution in [0.3, 0.4) is 0 Å². The quantitative estimate of drug-likeness (QED) is 0.762. The van der Waals surface area contributed by atoms with Gasteiger partial charge < -0.3 is 0 Å². The van der Waals surface area contributed by atoms with E-state index in [2.05, 4.69) is 6.08 Å². The van der Waals surface area contributed by atoms with Gasteiger partial charge in [-0.05, 0) is 36.8 Å². The second-order valence-electron chi connectivity index (χ2n) is 4.77. The van der Waals surface area contributed by atoms with E-state index in [1.165, 1.54) is 25.7 Å². The van der Waals surface area contributed by atoms with Gasteiger partial charge in [-0.3, -0.25) is 4.79 Å². The number of carbonyl (C=O) groups excluding carboxylic acids is 1. The molecule has 0 amide bonds. The molecule has 1 aliphatic carbocycles. The van der Waals surface area contributed by atoms with Gasteiger partial charge >= 0.3 is 0 Å². The Hall–Kier alpha value is -1.37. The van der Waals surface area contributed by atoms with Gasteiger partial charge in [-0.2, -0.15) is 0 Å². The minimum atomic E-state index is 0.318. The maximum absolute atomic E-state index is 12.2. The van der Waals surface area contributed by atoms with Crippen LogP contribution in [0.25, 0.3) is 0 Å². The van der Waals surface area contributed by atoms with Gasteiger partial charge in [0.15, 0.2) is 5.78 Å². The van der Waals surface area contributed by atoms with Gasteiger partial charge in [-0.1, -0.05) is 49.2 Å². The third-order valence-electron chi connectivity index (χ3n) is 3.36. The summed E-state index contributed by atoms with van der Waals surface area (Å²) in [6.45, 7) is 0. The average Bonchev–Trinajstić information content (AvgIpc) is 2.29. The number of rotatable bonds is 3. The highest BCUT2D eigenvalue weighted by Gasteiger charge is 2.11. The van der Waals surface area contributed by atoms with E-state index in [1.807, 2.05) is 30.3 Å². The summed E-state index contributed by atoms with van der Waals surface area (Å²) in [6, 6.07) is 10.0. The van der Waals surface area contributed by atoms with Crippen molar-refractivity contribution in [3.8, 4) is 0 Å². The molecule has 0 fully saturated rings. The lowest BCUT2D eigenvalue weighted by molar-refractivity contribution is -0.115. The van der Waals surface area contributed by atoms with E-state index in [1.54, 1.807) is 0 Å². The van der Waals surface area contributed by atoms with Crippen molar-refractivity contribution in [2.45, 2.75) is 44.9 Å². The molecule has 90 valence electrons. The van der Waals surface area contributed by atoms with Crippen molar-refractivity contribution in [1.29, 1.82) is 0 Å². The van der Waals surface area contributed by atoms with E-state index in [9.17, 15) is 4.79 Å². The molecular weight excluding hydrogens is 208 g/mol. The van der Waals surface area contributed by atoms with Crippen molar-refractivity contribution < 1.29 is 4.79 Å². The molecule has 1 aromatic carbocycles. The number of hydrogen-bond acceptors (Lipinski definition) is 1. The van der Waals surface area contributed by atoms with Gasteiger partial charge in [0.2, 0.25) is 0 Å². The molecule has 1 nitrogen and oxygen atoms in total. The standard InChI is InChI=1S/C16H20O/c17-16(13-14-9-5-4-6-10-14)15-11-7-2-1-3-8-12-15/h4-6,9-11H,1-3,7-8,12-13H2/b15-11+. The molecule has 0 saturated carbocycles. The Bertz CT molecular complexity index is 389. The van der Waals surface area contributed by atoms with Crippen LogP contribution in [0.4, 0.5) is 0 Å². The fraction of sp³-hybridized carbons (Fsp3) is 0.438. The molecule has 0 aromatic heterocycles. The Morgan fingerprint density at radius 1 is 1.00 bits per heavy atom. The number of Topliss-reactive ketones (excluding diaryl/α,β-unsaturated/α-hetero) is 1. The number of hydrogen-bond donors (Lipinski definition) is 0. The summed E-state index contributed by atoms with van der Waals surface area (Å²) in [4.78, 5) is 12.2. The first-order chi connectivity index (χ1) is 8.36. The number of carbonyl (C=O) groups is 1. The smallest absolute Gasteiger partial charge is 0.162 e. The first-order valence-electron chi connectivity index (χ1n) is 6.62. The van der Waals surface area contributed by atoms with Crippen molar-refractivity contribution in [3.05, 3.63) is 47.5 Å². The lowest BCUT2D eigenvalue weighted by Crippen LogP contribution is -2.07. The van der Waals surface area contributed by atoms with Crippen LogP contribution in [0, 0.1) is 0 Å². The molecule has 2 rings (SSSR count). The molecule has 0 atom stereocenters. The van der Waals surface area contributed by atoms with Gasteiger partial charge in [0.1, 0.15) is 0 Å². The van der Waals surface area contributed by atoms with Gasteiger partial charge in [0, 0.05) is 6.42 Å². The second-order valence-corrected chi connectivity index (χ2v) is 4.77. The summed E-state index contributed by atoms with van der Waals surface area (Å²) in [5.74, 6) is 0.318. The van der Waals surface area contributed by atoms with Crippen LogP contribution in [0.15, 0.2) is 42.0 Å². The Kier molecular flexibility index (Phi) is 4.54. The molecule has 0 bridgehead atoms. The van der Waals surface area contributed by atoms with Crippen LogP contribution >= 0.6 is 0 Å². The van der Waals surface area contributed by atoms with Crippen LogP contribution in [-0.2, 0) is 11.2 Å². The van der Waals surface area contributed by atoms with Crippen molar-refractivity contribution in [3.63, 3.8) is 0 Å². The normalized spacial score (nSPS) is 19.9. The molecule has 0 aliphatic heterocycles. The Balaban J connectivity index is 1.99. The molecule has 0 unspecified atom stereocenters. The molecule has 1 heteroatoms. The maximum atomic E-state index is 12.2. The van der Waals surface area contributed by atoms with E-state index in [0.717, 1.165) is 24.0 Å². The summed E-state index contributed by atoms with van der Waals surface area (Å²) in [5.41, 5.74) is 2.19. The predicted molar refractivity (Wildman–Crippen MR) is 70.9 cm³/mol. The van der Waals surface area contributed by atoms with E-state index in [0.29, 0.717) is 12.2 Å². The van der Waals surface area contributed by atoms with Gasteiger partial charge in [0.05, 0.1) is 0 Å². The first kappa shape index (κ1) is 12.1. The molecule has 1 aromatic rings. The zero-order chi connectivity index (χ0) is 11.9. The van der Waals surface area contributed by atoms with Crippen LogP contribution in [0.1, 0.15) is 44.1 Å². The lowest BCUT2D eigenvalue weighted by Gasteiger charge is -2.10. The largest absolute Gasteiger partial charge is 0.294 e. The molecule has 0 N–H and O–H groups in total. The van der Waals surface area contributed by atoms with E-state index in [-0.39, 0.29) is 0 Å². The molecule has 0 spiro atoms. The van der Waals surface area contributed by atoms with Crippen LogP contribution < -0.4 is 0 Å². The van der Waals surface area contributed by atoms with Gasteiger partial charge in [0.25, 0.3) is 0 Å². The summed E-state index contributed by atoms with van der Waals surface area (Å²) in [5, 5.41) is 0. The highest BCUT2D eigenvalue weighted by molar-refractivity contribution is 5.96. The van der Waals surface area contributed by atoms with E-state index >= 15 is 0 Å². The summed E-state index contributed by atoms with van der Waals surface area (Å²) in [7, 11) is 0. The molecule has 0 radical (unpaired) electrons. The zero-order valence-corrected chi connectivity index (χ0v) is 10.3. The Morgan fingerprint density at radius 3 is 2.59 bits per heavy atom.